The first-order valence-electron chi connectivity index (χ1n) is 6.36. The standard InChI is InChI=1S/C15H18FNO3/c1-11(2)17(10-9-15(19)20)14(18)8-5-12-3-6-13(16)7-4-12/h3-8,11H,9-10H2,1-2H3,(H,19,20)/b8-5+. The first kappa shape index (κ1) is 15.9. The largest absolute Gasteiger partial charge is 0.481 e. The van der Waals surface area contributed by atoms with Gasteiger partial charge in [-0.05, 0) is 37.6 Å². The maximum Gasteiger partial charge on any atom is 0.305 e. The van der Waals surface area contributed by atoms with Crippen LogP contribution in [-0.2, 0) is 9.59 Å². The number of carboxylic acids is 1. The number of hydrogen-bond donors (Lipinski definition) is 1. The van der Waals surface area contributed by atoms with Gasteiger partial charge in [0.1, 0.15) is 5.82 Å². The monoisotopic (exact) mass is 279 g/mol. The normalized spacial score (nSPS) is 11.0. The third-order valence-electron chi connectivity index (χ3n) is 2.76. The number of rotatable bonds is 6. The number of halogens is 1. The van der Waals surface area contributed by atoms with Crippen LogP contribution >= 0.6 is 0 Å². The molecule has 1 aromatic carbocycles. The van der Waals surface area contributed by atoms with Crippen molar-refractivity contribution in [3.8, 4) is 0 Å². The lowest BCUT2D eigenvalue weighted by molar-refractivity contribution is -0.138. The van der Waals surface area contributed by atoms with Crippen LogP contribution in [0.5, 0.6) is 0 Å². The number of benzene rings is 1. The molecule has 0 bridgehead atoms. The van der Waals surface area contributed by atoms with Crippen LogP contribution in [0.2, 0.25) is 0 Å². The summed E-state index contributed by atoms with van der Waals surface area (Å²) in [5.41, 5.74) is 0.710. The highest BCUT2D eigenvalue weighted by atomic mass is 19.1. The minimum absolute atomic E-state index is 0.0836. The Kier molecular flexibility index (Phi) is 5.90. The van der Waals surface area contributed by atoms with Gasteiger partial charge >= 0.3 is 5.97 Å². The van der Waals surface area contributed by atoms with Crippen molar-refractivity contribution in [1.82, 2.24) is 4.90 Å². The van der Waals surface area contributed by atoms with Gasteiger partial charge in [0.25, 0.3) is 0 Å². The van der Waals surface area contributed by atoms with Crippen LogP contribution in [0, 0.1) is 5.82 Å². The highest BCUT2D eigenvalue weighted by Gasteiger charge is 2.15. The molecule has 0 saturated carbocycles. The third kappa shape index (κ3) is 5.22. The number of hydrogen-bond acceptors (Lipinski definition) is 2. The highest BCUT2D eigenvalue weighted by molar-refractivity contribution is 5.92. The van der Waals surface area contributed by atoms with Crippen molar-refractivity contribution < 1.29 is 19.1 Å². The Bertz CT molecular complexity index is 494. The van der Waals surface area contributed by atoms with Crippen LogP contribution in [0.1, 0.15) is 25.8 Å². The second kappa shape index (κ2) is 7.43. The summed E-state index contributed by atoms with van der Waals surface area (Å²) in [4.78, 5) is 24.1. The average molecular weight is 279 g/mol. The molecule has 0 atom stereocenters. The molecule has 0 aliphatic carbocycles. The van der Waals surface area contributed by atoms with Crippen LogP contribution in [-0.4, -0.2) is 34.5 Å². The van der Waals surface area contributed by atoms with Gasteiger partial charge in [-0.25, -0.2) is 4.39 Å². The first-order valence-corrected chi connectivity index (χ1v) is 6.36. The predicted octanol–water partition coefficient (Wildman–Crippen LogP) is 2.55. The zero-order chi connectivity index (χ0) is 15.1. The third-order valence-corrected chi connectivity index (χ3v) is 2.76. The molecule has 5 heteroatoms. The summed E-state index contributed by atoms with van der Waals surface area (Å²) in [6, 6.07) is 5.68. The van der Waals surface area contributed by atoms with Crippen molar-refractivity contribution in [3.05, 3.63) is 41.7 Å². The van der Waals surface area contributed by atoms with Crippen LogP contribution < -0.4 is 0 Å². The zero-order valence-corrected chi connectivity index (χ0v) is 11.5. The van der Waals surface area contributed by atoms with E-state index in [2.05, 4.69) is 0 Å². The molecule has 0 aromatic heterocycles. The molecule has 108 valence electrons. The Labute approximate surface area is 117 Å². The predicted molar refractivity (Wildman–Crippen MR) is 74.5 cm³/mol. The van der Waals surface area contributed by atoms with Gasteiger partial charge in [-0.15, -0.1) is 0 Å². The second-order valence-corrected chi connectivity index (χ2v) is 4.65. The lowest BCUT2D eigenvalue weighted by atomic mass is 10.2. The molecule has 0 fully saturated rings. The van der Waals surface area contributed by atoms with Gasteiger partial charge in [-0.2, -0.15) is 0 Å². The van der Waals surface area contributed by atoms with E-state index in [1.165, 1.54) is 23.1 Å². The van der Waals surface area contributed by atoms with E-state index in [4.69, 9.17) is 5.11 Å². The fourth-order valence-electron chi connectivity index (χ4n) is 1.68. The summed E-state index contributed by atoms with van der Waals surface area (Å²) in [5, 5.41) is 8.67. The van der Waals surface area contributed by atoms with Crippen molar-refractivity contribution >= 4 is 18.0 Å². The molecule has 0 radical (unpaired) electrons. The lowest BCUT2D eigenvalue weighted by Crippen LogP contribution is -2.37. The quantitative estimate of drug-likeness (QED) is 0.814. The van der Waals surface area contributed by atoms with E-state index in [-0.39, 0.29) is 30.7 Å². The number of aliphatic carboxylic acids is 1. The van der Waals surface area contributed by atoms with E-state index in [0.29, 0.717) is 5.56 Å². The fourth-order valence-corrected chi connectivity index (χ4v) is 1.68. The van der Waals surface area contributed by atoms with Crippen LogP contribution in [0.3, 0.4) is 0 Å². The van der Waals surface area contributed by atoms with Crippen molar-refractivity contribution in [2.24, 2.45) is 0 Å². The molecule has 0 unspecified atom stereocenters. The summed E-state index contributed by atoms with van der Waals surface area (Å²) < 4.78 is 12.7. The van der Waals surface area contributed by atoms with Crippen molar-refractivity contribution in [2.75, 3.05) is 6.54 Å². The zero-order valence-electron chi connectivity index (χ0n) is 11.5. The van der Waals surface area contributed by atoms with Crippen LogP contribution in [0.15, 0.2) is 30.3 Å². The molecule has 1 N–H and O–H groups in total. The number of nitrogens with zero attached hydrogens (tertiary/aromatic N) is 1. The van der Waals surface area contributed by atoms with E-state index in [9.17, 15) is 14.0 Å². The average Bonchev–Trinajstić information content (AvgIpc) is 2.37. The molecule has 0 spiro atoms. The van der Waals surface area contributed by atoms with E-state index in [0.717, 1.165) is 0 Å². The van der Waals surface area contributed by atoms with Crippen LogP contribution in [0.4, 0.5) is 4.39 Å². The molecule has 20 heavy (non-hydrogen) atoms. The SMILES string of the molecule is CC(C)N(CCC(=O)O)C(=O)/C=C/c1ccc(F)cc1. The molecule has 1 rings (SSSR count). The van der Waals surface area contributed by atoms with Crippen LogP contribution in [0.25, 0.3) is 6.08 Å². The molecule has 0 saturated heterocycles. The minimum Gasteiger partial charge on any atom is -0.481 e. The Hall–Kier alpha value is -2.17. The van der Waals surface area contributed by atoms with Gasteiger partial charge in [-0.1, -0.05) is 12.1 Å². The molecular weight excluding hydrogens is 261 g/mol. The highest BCUT2D eigenvalue weighted by Crippen LogP contribution is 2.07. The minimum atomic E-state index is -0.939. The number of carbonyl (C=O) groups excluding carboxylic acids is 1. The molecular formula is C15H18FNO3. The molecule has 0 aliphatic rings. The Morgan fingerprint density at radius 3 is 2.40 bits per heavy atom. The Morgan fingerprint density at radius 2 is 1.90 bits per heavy atom. The number of carbonyl (C=O) groups is 2. The summed E-state index contributed by atoms with van der Waals surface area (Å²) in [7, 11) is 0. The van der Waals surface area contributed by atoms with Crippen molar-refractivity contribution in [1.29, 1.82) is 0 Å². The lowest BCUT2D eigenvalue weighted by Gasteiger charge is -2.24. The topological polar surface area (TPSA) is 57.6 Å². The molecule has 0 aliphatic heterocycles. The summed E-state index contributed by atoms with van der Waals surface area (Å²) in [6.07, 6.45) is 2.86. The second-order valence-electron chi connectivity index (χ2n) is 4.65. The first-order chi connectivity index (χ1) is 9.40. The molecule has 0 heterocycles. The van der Waals surface area contributed by atoms with Gasteiger partial charge in [-0.3, -0.25) is 9.59 Å². The summed E-state index contributed by atoms with van der Waals surface area (Å²) >= 11 is 0. The maximum atomic E-state index is 12.7. The van der Waals surface area contributed by atoms with Gasteiger partial charge < -0.3 is 10.0 Å². The van der Waals surface area contributed by atoms with Crippen molar-refractivity contribution in [2.45, 2.75) is 26.3 Å². The van der Waals surface area contributed by atoms with Gasteiger partial charge in [0.2, 0.25) is 5.91 Å². The van der Waals surface area contributed by atoms with E-state index < -0.39 is 5.97 Å². The molecule has 1 amide bonds. The summed E-state index contributed by atoms with van der Waals surface area (Å²) in [6.45, 7) is 3.82. The van der Waals surface area contributed by atoms with Crippen molar-refractivity contribution in [3.63, 3.8) is 0 Å². The maximum absolute atomic E-state index is 12.7. The van der Waals surface area contributed by atoms with E-state index in [1.807, 2.05) is 13.8 Å². The van der Waals surface area contributed by atoms with Gasteiger partial charge in [0.05, 0.1) is 6.42 Å². The molecule has 1 aromatic rings. The van der Waals surface area contributed by atoms with Gasteiger partial charge in [0.15, 0.2) is 0 Å². The number of amides is 1. The smallest absolute Gasteiger partial charge is 0.305 e. The summed E-state index contributed by atoms with van der Waals surface area (Å²) in [5.74, 6) is -1.53. The van der Waals surface area contributed by atoms with E-state index in [1.54, 1.807) is 18.2 Å². The van der Waals surface area contributed by atoms with Gasteiger partial charge in [0, 0.05) is 18.7 Å². The molecule has 4 nitrogen and oxygen atoms in total. The fraction of sp³-hybridized carbons (Fsp3) is 0.333. The van der Waals surface area contributed by atoms with E-state index >= 15 is 0 Å². The number of carboxylic acid groups (broad SMARTS) is 1. The Balaban J connectivity index is 2.70. The Morgan fingerprint density at radius 1 is 1.30 bits per heavy atom.